The van der Waals surface area contributed by atoms with Crippen molar-refractivity contribution in [2.24, 2.45) is 11.7 Å². The maximum atomic E-state index is 11.5. The fourth-order valence-corrected chi connectivity index (χ4v) is 1.85. The first-order valence-electron chi connectivity index (χ1n) is 5.19. The van der Waals surface area contributed by atoms with Crippen molar-refractivity contribution in [3.05, 3.63) is 0 Å². The number of hydrogen-bond acceptors (Lipinski definition) is 3. The molecular weight excluding hydrogens is 180 g/mol. The van der Waals surface area contributed by atoms with Crippen LogP contribution in [0.2, 0.25) is 0 Å². The van der Waals surface area contributed by atoms with Crippen molar-refractivity contribution >= 4 is 5.91 Å². The van der Waals surface area contributed by atoms with Gasteiger partial charge in [-0.3, -0.25) is 4.79 Å². The Morgan fingerprint density at radius 2 is 2.43 bits per heavy atom. The van der Waals surface area contributed by atoms with Crippen LogP contribution in [0, 0.1) is 5.92 Å². The molecule has 2 N–H and O–H groups in total. The molecule has 1 aliphatic rings. The number of hydrogen-bond donors (Lipinski definition) is 1. The summed E-state index contributed by atoms with van der Waals surface area (Å²) in [5.74, 6) is 0.764. The number of carbonyl (C=O) groups is 1. The van der Waals surface area contributed by atoms with Gasteiger partial charge in [-0.1, -0.05) is 13.3 Å². The first kappa shape index (κ1) is 11.5. The third-order valence-electron chi connectivity index (χ3n) is 2.71. The molecule has 1 heterocycles. The molecule has 0 aromatic rings. The molecule has 0 saturated carbocycles. The Kier molecular flexibility index (Phi) is 4.35. The molecule has 1 saturated heterocycles. The molecule has 0 aromatic carbocycles. The lowest BCUT2D eigenvalue weighted by Crippen LogP contribution is -2.41. The van der Waals surface area contributed by atoms with Crippen LogP contribution in [0.3, 0.4) is 0 Å². The van der Waals surface area contributed by atoms with Crippen molar-refractivity contribution in [3.8, 4) is 0 Å². The minimum absolute atomic E-state index is 0.0560. The van der Waals surface area contributed by atoms with Crippen LogP contribution >= 0.6 is 0 Å². The zero-order valence-corrected chi connectivity index (χ0v) is 9.03. The van der Waals surface area contributed by atoms with E-state index in [1.807, 2.05) is 4.90 Å². The van der Waals surface area contributed by atoms with Gasteiger partial charge in [0.1, 0.15) is 0 Å². The van der Waals surface area contributed by atoms with Gasteiger partial charge < -0.3 is 15.4 Å². The summed E-state index contributed by atoms with van der Waals surface area (Å²) in [6, 6.07) is -0.0560. The van der Waals surface area contributed by atoms with Crippen LogP contribution in [0.5, 0.6) is 0 Å². The maximum Gasteiger partial charge on any atom is 0.222 e. The van der Waals surface area contributed by atoms with E-state index < -0.39 is 0 Å². The molecule has 2 unspecified atom stereocenters. The van der Waals surface area contributed by atoms with Gasteiger partial charge in [0.25, 0.3) is 0 Å². The number of likely N-dealkylation sites (tertiary alicyclic amines) is 1. The molecule has 2 atom stereocenters. The van der Waals surface area contributed by atoms with Gasteiger partial charge in [-0.05, 0) is 5.92 Å². The van der Waals surface area contributed by atoms with E-state index in [-0.39, 0.29) is 11.9 Å². The molecule has 1 aliphatic heterocycles. The summed E-state index contributed by atoms with van der Waals surface area (Å²) in [6.07, 6.45) is 1.76. The van der Waals surface area contributed by atoms with Gasteiger partial charge in [-0.2, -0.15) is 0 Å². The summed E-state index contributed by atoms with van der Waals surface area (Å²) in [5, 5.41) is 0. The van der Waals surface area contributed by atoms with E-state index in [0.29, 0.717) is 25.5 Å². The number of methoxy groups -OCH3 is 1. The molecule has 0 bridgehead atoms. The number of nitrogens with two attached hydrogens (primary N) is 1. The Morgan fingerprint density at radius 1 is 1.71 bits per heavy atom. The third kappa shape index (κ3) is 2.96. The highest BCUT2D eigenvalue weighted by molar-refractivity contribution is 5.78. The van der Waals surface area contributed by atoms with E-state index in [2.05, 4.69) is 6.92 Å². The minimum atomic E-state index is -0.0560. The van der Waals surface area contributed by atoms with Gasteiger partial charge in [-0.25, -0.2) is 0 Å². The predicted octanol–water partition coefficient (Wildman–Crippen LogP) is 0.219. The molecule has 4 heteroatoms. The van der Waals surface area contributed by atoms with Crippen LogP contribution in [0.25, 0.3) is 0 Å². The van der Waals surface area contributed by atoms with Crippen LogP contribution < -0.4 is 5.73 Å². The molecule has 82 valence electrons. The van der Waals surface area contributed by atoms with E-state index >= 15 is 0 Å². The second-order valence-electron chi connectivity index (χ2n) is 3.99. The number of ether oxygens (including phenoxy) is 1. The molecule has 1 amide bonds. The van der Waals surface area contributed by atoms with Crippen LogP contribution in [0.15, 0.2) is 0 Å². The van der Waals surface area contributed by atoms with E-state index in [1.54, 1.807) is 7.11 Å². The Balaban J connectivity index is 2.34. The van der Waals surface area contributed by atoms with Crippen LogP contribution in [-0.2, 0) is 9.53 Å². The van der Waals surface area contributed by atoms with E-state index in [9.17, 15) is 4.79 Å². The largest absolute Gasteiger partial charge is 0.383 e. The Bertz CT molecular complexity index is 197. The molecule has 4 nitrogen and oxygen atoms in total. The lowest BCUT2D eigenvalue weighted by molar-refractivity contribution is -0.128. The smallest absolute Gasteiger partial charge is 0.222 e. The zero-order valence-electron chi connectivity index (χ0n) is 9.03. The zero-order chi connectivity index (χ0) is 10.6. The van der Waals surface area contributed by atoms with Gasteiger partial charge >= 0.3 is 0 Å². The van der Waals surface area contributed by atoms with E-state index in [1.165, 1.54) is 0 Å². The lowest BCUT2D eigenvalue weighted by atomic mass is 10.1. The highest BCUT2D eigenvalue weighted by atomic mass is 16.5. The summed E-state index contributed by atoms with van der Waals surface area (Å²) in [7, 11) is 1.63. The fourth-order valence-electron chi connectivity index (χ4n) is 1.85. The Hall–Kier alpha value is -0.610. The van der Waals surface area contributed by atoms with Crippen molar-refractivity contribution in [3.63, 3.8) is 0 Å². The van der Waals surface area contributed by atoms with Gasteiger partial charge in [0.2, 0.25) is 5.91 Å². The van der Waals surface area contributed by atoms with Crippen molar-refractivity contribution < 1.29 is 9.53 Å². The van der Waals surface area contributed by atoms with Gasteiger partial charge in [0.05, 0.1) is 6.61 Å². The number of carbonyl (C=O) groups excluding carboxylic acids is 1. The van der Waals surface area contributed by atoms with Crippen LogP contribution in [0.1, 0.15) is 19.8 Å². The normalized spacial score (nSPS) is 24.4. The van der Waals surface area contributed by atoms with Gasteiger partial charge in [0, 0.05) is 32.7 Å². The first-order chi connectivity index (χ1) is 6.67. The number of nitrogens with zero attached hydrogens (tertiary/aromatic N) is 1. The molecule has 0 aromatic heterocycles. The molecule has 0 spiro atoms. The highest BCUT2D eigenvalue weighted by Gasteiger charge is 2.28. The SMILES string of the molecule is CCC1CC(=O)N(CC(N)COC)C1. The summed E-state index contributed by atoms with van der Waals surface area (Å²) in [6.45, 7) is 4.13. The second kappa shape index (κ2) is 5.32. The predicted molar refractivity (Wildman–Crippen MR) is 54.8 cm³/mol. The Morgan fingerprint density at radius 3 is 2.93 bits per heavy atom. The first-order valence-corrected chi connectivity index (χ1v) is 5.19. The lowest BCUT2D eigenvalue weighted by Gasteiger charge is -2.20. The Labute approximate surface area is 85.4 Å². The minimum Gasteiger partial charge on any atom is -0.383 e. The van der Waals surface area contributed by atoms with Gasteiger partial charge in [-0.15, -0.1) is 0 Å². The molecule has 0 radical (unpaired) electrons. The molecule has 1 fully saturated rings. The summed E-state index contributed by atoms with van der Waals surface area (Å²) >= 11 is 0. The summed E-state index contributed by atoms with van der Waals surface area (Å²) in [5.41, 5.74) is 5.79. The summed E-state index contributed by atoms with van der Waals surface area (Å²) in [4.78, 5) is 13.4. The van der Waals surface area contributed by atoms with E-state index in [0.717, 1.165) is 13.0 Å². The summed E-state index contributed by atoms with van der Waals surface area (Å²) < 4.78 is 4.94. The number of rotatable bonds is 5. The standard InChI is InChI=1S/C10H20N2O2/c1-3-8-4-10(13)12(5-8)6-9(11)7-14-2/h8-9H,3-7,11H2,1-2H3. The van der Waals surface area contributed by atoms with Crippen molar-refractivity contribution in [1.82, 2.24) is 4.90 Å². The molecule has 1 rings (SSSR count). The molecular formula is C10H20N2O2. The monoisotopic (exact) mass is 200 g/mol. The van der Waals surface area contributed by atoms with E-state index in [4.69, 9.17) is 10.5 Å². The third-order valence-corrected chi connectivity index (χ3v) is 2.71. The molecule has 14 heavy (non-hydrogen) atoms. The average molecular weight is 200 g/mol. The fraction of sp³-hybridized carbons (Fsp3) is 0.900. The van der Waals surface area contributed by atoms with Crippen molar-refractivity contribution in [2.45, 2.75) is 25.8 Å². The topological polar surface area (TPSA) is 55.6 Å². The van der Waals surface area contributed by atoms with Crippen LogP contribution in [-0.4, -0.2) is 43.7 Å². The second-order valence-corrected chi connectivity index (χ2v) is 3.99. The quantitative estimate of drug-likeness (QED) is 0.690. The van der Waals surface area contributed by atoms with Gasteiger partial charge in [0.15, 0.2) is 0 Å². The molecule has 0 aliphatic carbocycles. The van der Waals surface area contributed by atoms with Crippen molar-refractivity contribution in [2.75, 3.05) is 26.8 Å². The highest BCUT2D eigenvalue weighted by Crippen LogP contribution is 2.20. The number of amides is 1. The average Bonchev–Trinajstić information content (AvgIpc) is 2.48. The van der Waals surface area contributed by atoms with Crippen LogP contribution in [0.4, 0.5) is 0 Å². The maximum absolute atomic E-state index is 11.5. The van der Waals surface area contributed by atoms with Crippen molar-refractivity contribution in [1.29, 1.82) is 0 Å².